The quantitative estimate of drug-likeness (QED) is 0.340. The third-order valence-corrected chi connectivity index (χ3v) is 6.78. The molecule has 0 spiro atoms. The number of nitrogens with two attached hydrogens (primary N) is 1. The summed E-state index contributed by atoms with van der Waals surface area (Å²) in [7, 11) is 4.06. The molecule has 182 valence electrons. The first-order chi connectivity index (χ1) is 16.9. The second-order valence-electron chi connectivity index (χ2n) is 8.49. The molecule has 2 aromatic heterocycles. The Labute approximate surface area is 208 Å². The fourth-order valence-corrected chi connectivity index (χ4v) is 5.01. The maximum absolute atomic E-state index is 13.1. The SMILES string of the molecule is CCC(c1nnc(SCc2nc3ccccc3c(=O)n2CC(N)=O)n1Cc1ccccc1)N(C)C. The molecule has 4 rings (SSSR count). The number of fused-ring (bicyclic) bond motifs is 1. The van der Waals surface area contributed by atoms with Gasteiger partial charge in [0.1, 0.15) is 12.4 Å². The van der Waals surface area contributed by atoms with Gasteiger partial charge in [0.15, 0.2) is 11.0 Å². The summed E-state index contributed by atoms with van der Waals surface area (Å²) in [5.74, 6) is 1.08. The fraction of sp³-hybridized carbons (Fsp3) is 0.320. The molecule has 0 saturated heterocycles. The van der Waals surface area contributed by atoms with Crippen molar-refractivity contribution in [2.75, 3.05) is 14.1 Å². The lowest BCUT2D eigenvalue weighted by Crippen LogP contribution is -2.31. The van der Waals surface area contributed by atoms with Crippen molar-refractivity contribution in [3.8, 4) is 0 Å². The van der Waals surface area contributed by atoms with E-state index in [1.807, 2.05) is 38.4 Å². The average molecular weight is 492 g/mol. The highest BCUT2D eigenvalue weighted by Gasteiger charge is 2.23. The Bertz CT molecular complexity index is 1380. The molecule has 4 aromatic rings. The van der Waals surface area contributed by atoms with E-state index in [0.717, 1.165) is 23.0 Å². The number of hydrogen-bond donors (Lipinski definition) is 1. The summed E-state index contributed by atoms with van der Waals surface area (Å²) >= 11 is 1.43. The van der Waals surface area contributed by atoms with Gasteiger partial charge in [0.05, 0.1) is 29.2 Å². The maximum Gasteiger partial charge on any atom is 0.261 e. The average Bonchev–Trinajstić information content (AvgIpc) is 3.22. The zero-order valence-electron chi connectivity index (χ0n) is 20.1. The van der Waals surface area contributed by atoms with E-state index in [-0.39, 0.29) is 18.1 Å². The molecule has 1 atom stereocenters. The molecule has 0 aliphatic carbocycles. The number of aromatic nitrogens is 5. The molecule has 2 heterocycles. The van der Waals surface area contributed by atoms with Crippen molar-refractivity contribution in [1.82, 2.24) is 29.2 Å². The van der Waals surface area contributed by atoms with E-state index in [4.69, 9.17) is 5.73 Å². The van der Waals surface area contributed by atoms with Crippen LogP contribution < -0.4 is 11.3 Å². The zero-order chi connectivity index (χ0) is 24.9. The number of thioether (sulfide) groups is 1. The van der Waals surface area contributed by atoms with Crippen molar-refractivity contribution in [2.45, 2.75) is 43.4 Å². The van der Waals surface area contributed by atoms with Gasteiger partial charge in [0, 0.05) is 0 Å². The molecule has 1 unspecified atom stereocenters. The first kappa shape index (κ1) is 24.6. The number of amides is 1. The lowest BCUT2D eigenvalue weighted by Gasteiger charge is -2.23. The van der Waals surface area contributed by atoms with Crippen LogP contribution in [0.2, 0.25) is 0 Å². The van der Waals surface area contributed by atoms with Crippen LogP contribution in [0.4, 0.5) is 0 Å². The lowest BCUT2D eigenvalue weighted by molar-refractivity contribution is -0.118. The third kappa shape index (κ3) is 5.44. The van der Waals surface area contributed by atoms with Gasteiger partial charge in [-0.1, -0.05) is 61.2 Å². The van der Waals surface area contributed by atoms with Crippen LogP contribution in [0.3, 0.4) is 0 Å². The van der Waals surface area contributed by atoms with Gasteiger partial charge in [0.25, 0.3) is 5.56 Å². The molecule has 1 amide bonds. The van der Waals surface area contributed by atoms with Gasteiger partial charge in [-0.25, -0.2) is 4.98 Å². The zero-order valence-corrected chi connectivity index (χ0v) is 20.9. The number of carbonyl (C=O) groups is 1. The molecule has 0 saturated carbocycles. The van der Waals surface area contributed by atoms with Gasteiger partial charge in [-0.05, 0) is 38.2 Å². The lowest BCUT2D eigenvalue weighted by atomic mass is 10.2. The van der Waals surface area contributed by atoms with Crippen molar-refractivity contribution in [2.24, 2.45) is 5.73 Å². The van der Waals surface area contributed by atoms with Gasteiger partial charge in [0.2, 0.25) is 5.91 Å². The molecule has 10 heteroatoms. The Morgan fingerprint density at radius 3 is 2.46 bits per heavy atom. The number of hydrogen-bond acceptors (Lipinski definition) is 7. The summed E-state index contributed by atoms with van der Waals surface area (Å²) in [6.45, 7) is 2.52. The molecular formula is C25H29N7O2S. The minimum absolute atomic E-state index is 0.104. The first-order valence-corrected chi connectivity index (χ1v) is 12.4. The number of carbonyl (C=O) groups excluding carboxylic acids is 1. The monoisotopic (exact) mass is 491 g/mol. The van der Waals surface area contributed by atoms with E-state index in [1.54, 1.807) is 18.2 Å². The Morgan fingerprint density at radius 1 is 1.06 bits per heavy atom. The predicted octanol–water partition coefficient (Wildman–Crippen LogP) is 2.83. The van der Waals surface area contributed by atoms with Crippen molar-refractivity contribution in [3.05, 3.63) is 82.2 Å². The Balaban J connectivity index is 1.72. The minimum atomic E-state index is -0.596. The summed E-state index contributed by atoms with van der Waals surface area (Å²) < 4.78 is 3.47. The second kappa shape index (κ2) is 10.8. The molecule has 2 N–H and O–H groups in total. The normalized spacial score (nSPS) is 12.3. The molecule has 2 aromatic carbocycles. The van der Waals surface area contributed by atoms with Crippen LogP contribution in [0.5, 0.6) is 0 Å². The van der Waals surface area contributed by atoms with Crippen LogP contribution in [-0.4, -0.2) is 49.2 Å². The van der Waals surface area contributed by atoms with Crippen molar-refractivity contribution in [3.63, 3.8) is 0 Å². The Hall–Kier alpha value is -3.50. The number of para-hydroxylation sites is 1. The maximum atomic E-state index is 13.1. The van der Waals surface area contributed by atoms with Crippen molar-refractivity contribution < 1.29 is 4.79 Å². The van der Waals surface area contributed by atoms with E-state index in [0.29, 0.717) is 29.0 Å². The van der Waals surface area contributed by atoms with E-state index in [2.05, 4.69) is 43.7 Å². The Morgan fingerprint density at radius 2 is 1.77 bits per heavy atom. The van der Waals surface area contributed by atoms with Gasteiger partial charge >= 0.3 is 0 Å². The summed E-state index contributed by atoms with van der Waals surface area (Å²) in [5, 5.41) is 10.2. The fourth-order valence-electron chi connectivity index (χ4n) is 4.12. The number of benzene rings is 2. The number of primary amides is 1. The van der Waals surface area contributed by atoms with Crippen LogP contribution in [0.1, 0.15) is 36.6 Å². The molecule has 0 aliphatic heterocycles. The standard InChI is InChI=1S/C25H29N7O2S/c1-4-20(30(2)3)23-28-29-25(32(23)14-17-10-6-5-7-11-17)35-16-22-27-19-13-9-8-12-18(19)24(34)31(22)15-21(26)33/h5-13,20H,4,14-16H2,1-3H3,(H2,26,33). The summed E-state index contributed by atoms with van der Waals surface area (Å²) in [5.41, 5.74) is 6.88. The van der Waals surface area contributed by atoms with Gasteiger partial charge in [-0.15, -0.1) is 10.2 Å². The highest BCUT2D eigenvalue weighted by molar-refractivity contribution is 7.98. The molecule has 35 heavy (non-hydrogen) atoms. The summed E-state index contributed by atoms with van der Waals surface area (Å²) in [4.78, 5) is 31.6. The summed E-state index contributed by atoms with van der Waals surface area (Å²) in [6.07, 6.45) is 0.884. The van der Waals surface area contributed by atoms with Crippen LogP contribution in [0, 0.1) is 0 Å². The molecule has 0 radical (unpaired) electrons. The number of nitrogens with zero attached hydrogens (tertiary/aromatic N) is 6. The van der Waals surface area contributed by atoms with Gasteiger partial charge in [-0.3, -0.25) is 19.1 Å². The van der Waals surface area contributed by atoms with Crippen LogP contribution in [0.25, 0.3) is 10.9 Å². The van der Waals surface area contributed by atoms with E-state index in [1.165, 1.54) is 16.3 Å². The van der Waals surface area contributed by atoms with Crippen LogP contribution in [-0.2, 0) is 23.6 Å². The minimum Gasteiger partial charge on any atom is -0.368 e. The number of rotatable bonds is 10. The van der Waals surface area contributed by atoms with Gasteiger partial charge in [-0.2, -0.15) is 0 Å². The first-order valence-electron chi connectivity index (χ1n) is 11.4. The van der Waals surface area contributed by atoms with Crippen LogP contribution >= 0.6 is 11.8 Å². The highest BCUT2D eigenvalue weighted by atomic mass is 32.2. The molecule has 9 nitrogen and oxygen atoms in total. The van der Waals surface area contributed by atoms with E-state index >= 15 is 0 Å². The highest BCUT2D eigenvalue weighted by Crippen LogP contribution is 2.28. The molecule has 0 aliphatic rings. The predicted molar refractivity (Wildman–Crippen MR) is 137 cm³/mol. The Kier molecular flexibility index (Phi) is 7.62. The molecule has 0 bridgehead atoms. The van der Waals surface area contributed by atoms with E-state index in [9.17, 15) is 9.59 Å². The molecular weight excluding hydrogens is 462 g/mol. The van der Waals surface area contributed by atoms with Crippen molar-refractivity contribution in [1.29, 1.82) is 0 Å². The van der Waals surface area contributed by atoms with Crippen molar-refractivity contribution >= 4 is 28.6 Å². The second-order valence-corrected chi connectivity index (χ2v) is 9.43. The summed E-state index contributed by atoms with van der Waals surface area (Å²) in [6, 6.07) is 17.4. The molecule has 0 fully saturated rings. The van der Waals surface area contributed by atoms with E-state index < -0.39 is 5.91 Å². The van der Waals surface area contributed by atoms with Gasteiger partial charge < -0.3 is 10.3 Å². The third-order valence-electron chi connectivity index (χ3n) is 5.82. The smallest absolute Gasteiger partial charge is 0.261 e. The topological polar surface area (TPSA) is 112 Å². The van der Waals surface area contributed by atoms with Crippen LogP contribution in [0.15, 0.2) is 64.5 Å². The largest absolute Gasteiger partial charge is 0.368 e.